The maximum Gasteiger partial charge on any atom is 0.243 e. The molecule has 0 aliphatic heterocycles. The number of nitrogens with zero attached hydrogens (tertiary/aromatic N) is 1. The van der Waals surface area contributed by atoms with E-state index in [9.17, 15) is 0 Å². The molecule has 0 aliphatic carbocycles. The standard InChI is InChI=1S/C13H25NOSi/c1-7-9-10-13(8-2)11-14-12(3)15-16(4,5)6/h8,11H,2,7,9-10H2,1,3-6H3. The molecule has 0 aromatic carbocycles. The molecule has 0 rings (SSSR count). The Morgan fingerprint density at radius 3 is 2.44 bits per heavy atom. The van der Waals surface area contributed by atoms with Gasteiger partial charge in [-0.05, 0) is 38.1 Å². The summed E-state index contributed by atoms with van der Waals surface area (Å²) in [4.78, 5) is 4.33. The van der Waals surface area contributed by atoms with Crippen molar-refractivity contribution in [1.29, 1.82) is 0 Å². The van der Waals surface area contributed by atoms with Crippen LogP contribution in [0.3, 0.4) is 0 Å². The number of rotatable bonds is 6. The van der Waals surface area contributed by atoms with Crippen molar-refractivity contribution in [3.05, 3.63) is 24.4 Å². The smallest absolute Gasteiger partial charge is 0.243 e. The Hall–Kier alpha value is -0.833. The minimum absolute atomic E-state index is 0.759. The van der Waals surface area contributed by atoms with Gasteiger partial charge in [0.25, 0.3) is 0 Å². The van der Waals surface area contributed by atoms with Crippen LogP contribution in [0.15, 0.2) is 29.4 Å². The highest BCUT2D eigenvalue weighted by molar-refractivity contribution is 6.71. The molecular weight excluding hydrogens is 214 g/mol. The van der Waals surface area contributed by atoms with Gasteiger partial charge in [-0.2, -0.15) is 0 Å². The van der Waals surface area contributed by atoms with Crippen molar-refractivity contribution in [1.82, 2.24) is 0 Å². The molecular formula is C13H25NOSi. The summed E-state index contributed by atoms with van der Waals surface area (Å²) >= 11 is 0. The molecule has 0 saturated heterocycles. The van der Waals surface area contributed by atoms with Crippen LogP contribution in [-0.2, 0) is 4.43 Å². The summed E-state index contributed by atoms with van der Waals surface area (Å²) in [5.74, 6) is 0.759. The fraction of sp³-hybridized carbons (Fsp3) is 0.615. The van der Waals surface area contributed by atoms with Crippen molar-refractivity contribution in [2.75, 3.05) is 0 Å². The molecule has 0 atom stereocenters. The van der Waals surface area contributed by atoms with Crippen molar-refractivity contribution in [3.63, 3.8) is 0 Å². The lowest BCUT2D eigenvalue weighted by Crippen LogP contribution is -2.27. The second-order valence-electron chi connectivity index (χ2n) is 4.87. The summed E-state index contributed by atoms with van der Waals surface area (Å²) in [6.45, 7) is 14.4. The van der Waals surface area contributed by atoms with E-state index in [1.165, 1.54) is 18.4 Å². The fourth-order valence-electron chi connectivity index (χ4n) is 1.24. The predicted octanol–water partition coefficient (Wildman–Crippen LogP) is 4.52. The summed E-state index contributed by atoms with van der Waals surface area (Å²) in [5, 5.41) is 0. The van der Waals surface area contributed by atoms with Crippen molar-refractivity contribution in [2.45, 2.75) is 52.8 Å². The largest absolute Gasteiger partial charge is 0.535 e. The number of hydrogen-bond donors (Lipinski definition) is 0. The molecule has 0 spiro atoms. The molecule has 0 unspecified atom stereocenters. The molecule has 0 radical (unpaired) electrons. The Kier molecular flexibility index (Phi) is 7.05. The number of hydrogen-bond acceptors (Lipinski definition) is 2. The highest BCUT2D eigenvalue weighted by atomic mass is 28.4. The van der Waals surface area contributed by atoms with E-state index < -0.39 is 8.32 Å². The number of allylic oxidation sites excluding steroid dienone is 2. The summed E-state index contributed by atoms with van der Waals surface area (Å²) in [6, 6.07) is 0. The first-order chi connectivity index (χ1) is 7.39. The van der Waals surface area contributed by atoms with Crippen molar-refractivity contribution in [3.8, 4) is 0 Å². The first-order valence-corrected chi connectivity index (χ1v) is 9.34. The highest BCUT2D eigenvalue weighted by Crippen LogP contribution is 2.09. The molecule has 0 aliphatic rings. The number of unbranched alkanes of at least 4 members (excludes halogenated alkanes) is 1. The zero-order chi connectivity index (χ0) is 12.6. The highest BCUT2D eigenvalue weighted by Gasteiger charge is 2.15. The van der Waals surface area contributed by atoms with Crippen LogP contribution in [0.1, 0.15) is 33.1 Å². The second-order valence-corrected chi connectivity index (χ2v) is 9.30. The van der Waals surface area contributed by atoms with Crippen molar-refractivity contribution >= 4 is 14.2 Å². The third kappa shape index (κ3) is 8.47. The van der Waals surface area contributed by atoms with Gasteiger partial charge in [-0.3, -0.25) is 0 Å². The molecule has 16 heavy (non-hydrogen) atoms. The summed E-state index contributed by atoms with van der Waals surface area (Å²) in [6.07, 6.45) is 7.17. The van der Waals surface area contributed by atoms with Crippen molar-refractivity contribution < 1.29 is 4.43 Å². The normalized spacial score (nSPS) is 13.8. The monoisotopic (exact) mass is 239 g/mol. The van der Waals surface area contributed by atoms with Gasteiger partial charge in [0, 0.05) is 13.1 Å². The van der Waals surface area contributed by atoms with Crippen LogP contribution in [0.4, 0.5) is 0 Å². The minimum Gasteiger partial charge on any atom is -0.535 e. The summed E-state index contributed by atoms with van der Waals surface area (Å²) in [5.41, 5.74) is 1.18. The second kappa shape index (κ2) is 7.44. The third-order valence-corrected chi connectivity index (χ3v) is 2.86. The quantitative estimate of drug-likeness (QED) is 0.289. The minimum atomic E-state index is -1.51. The first kappa shape index (κ1) is 15.2. The van der Waals surface area contributed by atoms with Crippen LogP contribution in [0.25, 0.3) is 0 Å². The fourth-order valence-corrected chi connectivity index (χ4v) is 2.18. The lowest BCUT2D eigenvalue weighted by Gasteiger charge is -2.17. The Morgan fingerprint density at radius 2 is 2.00 bits per heavy atom. The van der Waals surface area contributed by atoms with Crippen LogP contribution in [-0.4, -0.2) is 14.2 Å². The zero-order valence-electron chi connectivity index (χ0n) is 11.3. The van der Waals surface area contributed by atoms with Crippen molar-refractivity contribution in [2.24, 2.45) is 4.99 Å². The first-order valence-electron chi connectivity index (χ1n) is 5.94. The molecule has 0 amide bonds. The topological polar surface area (TPSA) is 21.6 Å². The average Bonchev–Trinajstić information content (AvgIpc) is 2.15. The van der Waals surface area contributed by atoms with Crippen LogP contribution >= 0.6 is 0 Å². The van der Waals surface area contributed by atoms with E-state index in [1.807, 2.05) is 19.2 Å². The lowest BCUT2D eigenvalue weighted by molar-refractivity contribution is 0.547. The molecule has 0 fully saturated rings. The molecule has 0 N–H and O–H groups in total. The predicted molar refractivity (Wildman–Crippen MR) is 75.3 cm³/mol. The molecule has 3 heteroatoms. The Bertz CT molecular complexity index is 274. The molecule has 0 aromatic heterocycles. The van der Waals surface area contributed by atoms with Crippen LogP contribution in [0.2, 0.25) is 19.6 Å². The third-order valence-electron chi connectivity index (χ3n) is 1.95. The average molecular weight is 239 g/mol. The lowest BCUT2D eigenvalue weighted by atomic mass is 10.1. The molecule has 0 bridgehead atoms. The Morgan fingerprint density at radius 1 is 1.38 bits per heavy atom. The maximum atomic E-state index is 5.75. The van der Waals surface area contributed by atoms with Crippen LogP contribution in [0.5, 0.6) is 0 Å². The van der Waals surface area contributed by atoms with Gasteiger partial charge in [-0.15, -0.1) is 0 Å². The van der Waals surface area contributed by atoms with E-state index in [2.05, 4.69) is 38.1 Å². The Balaban J connectivity index is 4.38. The van der Waals surface area contributed by atoms with Gasteiger partial charge < -0.3 is 4.43 Å². The molecule has 0 heterocycles. The van der Waals surface area contributed by atoms with Gasteiger partial charge in [0.2, 0.25) is 8.32 Å². The van der Waals surface area contributed by atoms with E-state index in [4.69, 9.17) is 4.43 Å². The molecule has 2 nitrogen and oxygen atoms in total. The van der Waals surface area contributed by atoms with Gasteiger partial charge in [0.05, 0.1) is 0 Å². The van der Waals surface area contributed by atoms with E-state index >= 15 is 0 Å². The van der Waals surface area contributed by atoms with Gasteiger partial charge in [-0.25, -0.2) is 4.99 Å². The van der Waals surface area contributed by atoms with E-state index in [1.54, 1.807) is 0 Å². The van der Waals surface area contributed by atoms with Gasteiger partial charge in [0.1, 0.15) is 0 Å². The van der Waals surface area contributed by atoms with Crippen LogP contribution in [0, 0.1) is 0 Å². The van der Waals surface area contributed by atoms with E-state index in [0.717, 1.165) is 12.3 Å². The summed E-state index contributed by atoms with van der Waals surface area (Å²) < 4.78 is 5.75. The molecule has 92 valence electrons. The van der Waals surface area contributed by atoms with E-state index in [0.29, 0.717) is 0 Å². The van der Waals surface area contributed by atoms with Gasteiger partial charge >= 0.3 is 0 Å². The molecule has 0 saturated carbocycles. The molecule has 0 aromatic rings. The zero-order valence-corrected chi connectivity index (χ0v) is 12.3. The number of aliphatic imine (C=N–C) groups is 1. The van der Waals surface area contributed by atoms with Crippen LogP contribution < -0.4 is 0 Å². The van der Waals surface area contributed by atoms with E-state index in [-0.39, 0.29) is 0 Å². The maximum absolute atomic E-state index is 5.75. The summed E-state index contributed by atoms with van der Waals surface area (Å²) in [7, 11) is -1.51. The SMILES string of the molecule is C=CC(=CN=C(C)O[Si](C)(C)C)CCCC. The Labute approximate surface area is 101 Å². The van der Waals surface area contributed by atoms with Gasteiger partial charge in [-0.1, -0.05) is 26.0 Å². The van der Waals surface area contributed by atoms with Gasteiger partial charge in [0.15, 0.2) is 5.90 Å².